The van der Waals surface area contributed by atoms with Crippen LogP contribution in [0.4, 0.5) is 4.39 Å². The van der Waals surface area contributed by atoms with E-state index in [0.717, 1.165) is 48.5 Å². The van der Waals surface area contributed by atoms with Crippen LogP contribution in [-0.4, -0.2) is 45.1 Å². The summed E-state index contributed by atoms with van der Waals surface area (Å²) in [5.41, 5.74) is 2.80. The average Bonchev–Trinajstić information content (AvgIpc) is 3.22. The quantitative estimate of drug-likeness (QED) is 0.682. The zero-order chi connectivity index (χ0) is 22.7. The van der Waals surface area contributed by atoms with Crippen LogP contribution in [0.15, 0.2) is 48.6 Å². The minimum absolute atomic E-state index is 0.0342. The molecule has 32 heavy (non-hydrogen) atoms. The summed E-state index contributed by atoms with van der Waals surface area (Å²) in [5.74, 6) is -0.258. The first-order valence-corrected chi connectivity index (χ1v) is 11.4. The Hall–Kier alpha value is -2.22. The third-order valence-corrected chi connectivity index (χ3v) is 7.58. The van der Waals surface area contributed by atoms with Crippen molar-refractivity contribution in [1.82, 2.24) is 14.7 Å². The van der Waals surface area contributed by atoms with Crippen molar-refractivity contribution in [3.8, 4) is 11.3 Å². The van der Waals surface area contributed by atoms with Crippen molar-refractivity contribution < 1.29 is 13.7 Å². The molecule has 1 fully saturated rings. The number of fused-ring (bicyclic) bond motifs is 1. The molecule has 2 aliphatic heterocycles. The SMILES string of the molecule is CC1(N2CCn3nc(-c4ccc(F)cc4)c(B4OC(C)(C)C(C)(C)O4)c3C2)C=CC=CC1. The van der Waals surface area contributed by atoms with Gasteiger partial charge in [0.2, 0.25) is 0 Å². The summed E-state index contributed by atoms with van der Waals surface area (Å²) in [4.78, 5) is 2.51. The van der Waals surface area contributed by atoms with Crippen LogP contribution >= 0.6 is 0 Å². The van der Waals surface area contributed by atoms with Crippen LogP contribution in [0.3, 0.4) is 0 Å². The van der Waals surface area contributed by atoms with Crippen molar-refractivity contribution in [1.29, 1.82) is 0 Å². The number of rotatable bonds is 3. The van der Waals surface area contributed by atoms with Gasteiger partial charge >= 0.3 is 7.12 Å². The van der Waals surface area contributed by atoms with Crippen molar-refractivity contribution in [2.75, 3.05) is 6.54 Å². The number of aromatic nitrogens is 2. The molecule has 0 amide bonds. The van der Waals surface area contributed by atoms with Gasteiger partial charge in [0.15, 0.2) is 0 Å². The average molecular weight is 435 g/mol. The maximum absolute atomic E-state index is 13.6. The molecule has 168 valence electrons. The fraction of sp³-hybridized carbons (Fsp3) is 0.480. The summed E-state index contributed by atoms with van der Waals surface area (Å²) >= 11 is 0. The summed E-state index contributed by atoms with van der Waals surface area (Å²) in [6.45, 7) is 13.0. The van der Waals surface area contributed by atoms with Gasteiger partial charge in [0.1, 0.15) is 5.82 Å². The Bertz CT molecular complexity index is 1070. The first-order valence-electron chi connectivity index (χ1n) is 11.4. The molecular formula is C25H31BFN3O2. The minimum atomic E-state index is -0.529. The van der Waals surface area contributed by atoms with E-state index in [1.165, 1.54) is 12.1 Å². The van der Waals surface area contributed by atoms with Gasteiger partial charge in [0, 0.05) is 29.7 Å². The molecule has 5 nitrogen and oxygen atoms in total. The smallest absolute Gasteiger partial charge is 0.399 e. The third kappa shape index (κ3) is 3.47. The van der Waals surface area contributed by atoms with Crippen LogP contribution in [0.5, 0.6) is 0 Å². The lowest BCUT2D eigenvalue weighted by molar-refractivity contribution is 0.00578. The third-order valence-electron chi connectivity index (χ3n) is 7.58. The molecule has 0 bridgehead atoms. The molecule has 1 aliphatic carbocycles. The van der Waals surface area contributed by atoms with Gasteiger partial charge in [-0.2, -0.15) is 5.10 Å². The van der Waals surface area contributed by atoms with Gasteiger partial charge in [-0.3, -0.25) is 9.58 Å². The molecular weight excluding hydrogens is 404 g/mol. The molecule has 0 radical (unpaired) electrons. The van der Waals surface area contributed by atoms with E-state index in [1.54, 1.807) is 12.1 Å². The second-order valence-corrected chi connectivity index (χ2v) is 10.3. The van der Waals surface area contributed by atoms with Gasteiger partial charge in [0.05, 0.1) is 29.1 Å². The van der Waals surface area contributed by atoms with Gasteiger partial charge in [-0.25, -0.2) is 4.39 Å². The topological polar surface area (TPSA) is 39.5 Å². The highest BCUT2D eigenvalue weighted by Gasteiger charge is 2.54. The van der Waals surface area contributed by atoms with E-state index in [0.29, 0.717) is 0 Å². The van der Waals surface area contributed by atoms with Crippen LogP contribution < -0.4 is 5.46 Å². The van der Waals surface area contributed by atoms with Gasteiger partial charge < -0.3 is 9.31 Å². The lowest BCUT2D eigenvalue weighted by Gasteiger charge is -2.42. The second kappa shape index (κ2) is 7.40. The van der Waals surface area contributed by atoms with Gasteiger partial charge in [-0.15, -0.1) is 0 Å². The second-order valence-electron chi connectivity index (χ2n) is 10.3. The molecule has 3 aliphatic rings. The van der Waals surface area contributed by atoms with E-state index in [2.05, 4.69) is 68.5 Å². The Labute approximate surface area is 190 Å². The number of halogens is 1. The number of hydrogen-bond acceptors (Lipinski definition) is 4. The fourth-order valence-electron chi connectivity index (χ4n) is 4.75. The normalized spacial score (nSPS) is 26.5. The van der Waals surface area contributed by atoms with Crippen LogP contribution in [0.1, 0.15) is 46.7 Å². The van der Waals surface area contributed by atoms with E-state index in [-0.39, 0.29) is 11.4 Å². The summed E-state index contributed by atoms with van der Waals surface area (Å²) in [6.07, 6.45) is 9.74. The zero-order valence-corrected chi connectivity index (χ0v) is 19.6. The molecule has 3 heterocycles. The number of hydrogen-bond donors (Lipinski definition) is 0. The molecule has 1 aromatic carbocycles. The maximum Gasteiger partial charge on any atom is 0.499 e. The summed E-state index contributed by atoms with van der Waals surface area (Å²) < 4.78 is 28.7. The highest BCUT2D eigenvalue weighted by molar-refractivity contribution is 6.64. The van der Waals surface area contributed by atoms with Crippen LogP contribution in [0.2, 0.25) is 0 Å². The lowest BCUT2D eigenvalue weighted by Crippen LogP contribution is -2.50. The zero-order valence-electron chi connectivity index (χ0n) is 19.6. The van der Waals surface area contributed by atoms with Crippen molar-refractivity contribution >= 4 is 12.6 Å². The van der Waals surface area contributed by atoms with Crippen LogP contribution in [0.25, 0.3) is 11.3 Å². The molecule has 2 aromatic rings. The molecule has 7 heteroatoms. The first-order chi connectivity index (χ1) is 15.1. The van der Waals surface area contributed by atoms with E-state index >= 15 is 0 Å². The van der Waals surface area contributed by atoms with Gasteiger partial charge in [-0.05, 0) is 65.3 Å². The minimum Gasteiger partial charge on any atom is -0.399 e. The van der Waals surface area contributed by atoms with Crippen LogP contribution in [0, 0.1) is 5.82 Å². The predicted molar refractivity (Wildman–Crippen MR) is 125 cm³/mol. The lowest BCUT2D eigenvalue weighted by atomic mass is 9.75. The number of allylic oxidation sites excluding steroid dienone is 2. The largest absolute Gasteiger partial charge is 0.499 e. The molecule has 1 atom stereocenters. The summed E-state index contributed by atoms with van der Waals surface area (Å²) in [5, 5.41) is 4.97. The number of benzene rings is 1. The molecule has 1 saturated heterocycles. The Balaban J connectivity index is 1.59. The van der Waals surface area contributed by atoms with Crippen molar-refractivity contribution in [2.45, 2.75) is 70.9 Å². The molecule has 1 unspecified atom stereocenters. The Kier molecular flexibility index (Phi) is 5.00. The Morgan fingerprint density at radius 1 is 0.969 bits per heavy atom. The predicted octanol–water partition coefficient (Wildman–Crippen LogP) is 4.08. The van der Waals surface area contributed by atoms with E-state index in [1.807, 2.05) is 0 Å². The highest BCUT2D eigenvalue weighted by atomic mass is 19.1. The fourth-order valence-corrected chi connectivity index (χ4v) is 4.75. The maximum atomic E-state index is 13.6. The van der Waals surface area contributed by atoms with Crippen molar-refractivity contribution in [2.24, 2.45) is 0 Å². The molecule has 0 N–H and O–H groups in total. The van der Waals surface area contributed by atoms with Crippen molar-refractivity contribution in [3.05, 3.63) is 60.1 Å². The number of nitrogens with zero attached hydrogens (tertiary/aromatic N) is 3. The van der Waals surface area contributed by atoms with Gasteiger partial charge in [-0.1, -0.05) is 24.3 Å². The Morgan fingerprint density at radius 3 is 2.28 bits per heavy atom. The summed E-state index contributed by atoms with van der Waals surface area (Å²) in [7, 11) is -0.529. The standard InChI is InChI=1S/C25H31BFN3O2/c1-23(2)24(3,4)32-26(31-23)21-20-17-29(25(5)13-7-6-8-14-25)15-16-30(20)28-22(21)18-9-11-19(27)12-10-18/h6-13H,14-17H2,1-5H3. The molecule has 0 spiro atoms. The molecule has 0 saturated carbocycles. The Morgan fingerprint density at radius 2 is 1.66 bits per heavy atom. The van der Waals surface area contributed by atoms with Crippen molar-refractivity contribution in [3.63, 3.8) is 0 Å². The highest BCUT2D eigenvalue weighted by Crippen LogP contribution is 2.38. The molecule has 5 rings (SSSR count). The van der Waals surface area contributed by atoms with E-state index in [9.17, 15) is 4.39 Å². The first kappa shape index (κ1) is 21.6. The summed E-state index contributed by atoms with van der Waals surface area (Å²) in [6, 6.07) is 6.53. The monoisotopic (exact) mass is 435 g/mol. The van der Waals surface area contributed by atoms with E-state index in [4.69, 9.17) is 14.4 Å². The van der Waals surface area contributed by atoms with E-state index < -0.39 is 18.3 Å². The van der Waals surface area contributed by atoms with Gasteiger partial charge in [0.25, 0.3) is 0 Å². The van der Waals surface area contributed by atoms with Crippen LogP contribution in [-0.2, 0) is 22.4 Å². The molecule has 1 aromatic heterocycles.